The summed E-state index contributed by atoms with van der Waals surface area (Å²) in [6.07, 6.45) is 0. The molecule has 0 aliphatic heterocycles. The zero-order chi connectivity index (χ0) is 13.0. The number of carboxylic acids is 1. The van der Waals surface area contributed by atoms with Crippen molar-refractivity contribution in [1.82, 2.24) is 0 Å². The summed E-state index contributed by atoms with van der Waals surface area (Å²) in [5.74, 6) is -1.28. The van der Waals surface area contributed by atoms with Gasteiger partial charge < -0.3 is 9.84 Å². The Bertz CT molecular complexity index is 566. The standard InChI is InChI=1S/C14H11FO3/c15-12-6-1-2-7-13(12)18-9-10-4-3-5-11(8-10)14(16)17/h1-8H,9H2,(H,16,17). The number of rotatable bonds is 4. The molecule has 0 fully saturated rings. The number of hydrogen-bond donors (Lipinski definition) is 1. The zero-order valence-electron chi connectivity index (χ0n) is 9.47. The number of halogens is 1. The molecule has 0 radical (unpaired) electrons. The van der Waals surface area contributed by atoms with E-state index in [0.717, 1.165) is 0 Å². The molecule has 18 heavy (non-hydrogen) atoms. The molecule has 3 nitrogen and oxygen atoms in total. The van der Waals surface area contributed by atoms with Crippen molar-refractivity contribution >= 4 is 5.97 Å². The molecule has 0 aliphatic carbocycles. The Kier molecular flexibility index (Phi) is 3.57. The molecule has 0 atom stereocenters. The van der Waals surface area contributed by atoms with E-state index >= 15 is 0 Å². The Morgan fingerprint density at radius 1 is 1.17 bits per heavy atom. The van der Waals surface area contributed by atoms with Crippen molar-refractivity contribution in [3.8, 4) is 5.75 Å². The van der Waals surface area contributed by atoms with Crippen LogP contribution >= 0.6 is 0 Å². The highest BCUT2D eigenvalue weighted by atomic mass is 19.1. The number of hydrogen-bond acceptors (Lipinski definition) is 2. The van der Waals surface area contributed by atoms with E-state index in [-0.39, 0.29) is 17.9 Å². The van der Waals surface area contributed by atoms with Crippen LogP contribution in [0.2, 0.25) is 0 Å². The van der Waals surface area contributed by atoms with Crippen LogP contribution in [0.15, 0.2) is 48.5 Å². The maximum Gasteiger partial charge on any atom is 0.335 e. The third-order valence-corrected chi connectivity index (χ3v) is 2.40. The van der Waals surface area contributed by atoms with E-state index in [9.17, 15) is 9.18 Å². The van der Waals surface area contributed by atoms with Crippen LogP contribution < -0.4 is 4.74 Å². The van der Waals surface area contributed by atoms with Crippen molar-refractivity contribution in [3.63, 3.8) is 0 Å². The quantitative estimate of drug-likeness (QED) is 0.901. The minimum absolute atomic E-state index is 0.127. The third-order valence-electron chi connectivity index (χ3n) is 2.40. The maximum atomic E-state index is 13.3. The Hall–Kier alpha value is -2.36. The summed E-state index contributed by atoms with van der Waals surface area (Å²) in [6, 6.07) is 12.4. The highest BCUT2D eigenvalue weighted by Gasteiger charge is 2.05. The fourth-order valence-corrected chi connectivity index (χ4v) is 1.52. The van der Waals surface area contributed by atoms with Gasteiger partial charge in [0.1, 0.15) is 6.61 Å². The lowest BCUT2D eigenvalue weighted by atomic mass is 10.1. The van der Waals surface area contributed by atoms with Gasteiger partial charge in [0.25, 0.3) is 0 Å². The van der Waals surface area contributed by atoms with Crippen molar-refractivity contribution in [2.75, 3.05) is 0 Å². The lowest BCUT2D eigenvalue weighted by molar-refractivity contribution is 0.0696. The fraction of sp³-hybridized carbons (Fsp3) is 0.0714. The molecule has 92 valence electrons. The van der Waals surface area contributed by atoms with Crippen molar-refractivity contribution in [1.29, 1.82) is 0 Å². The molecular formula is C14H11FO3. The molecular weight excluding hydrogens is 235 g/mol. The van der Waals surface area contributed by atoms with E-state index < -0.39 is 11.8 Å². The van der Waals surface area contributed by atoms with Crippen LogP contribution in [0.1, 0.15) is 15.9 Å². The van der Waals surface area contributed by atoms with Crippen LogP contribution in [0.3, 0.4) is 0 Å². The minimum atomic E-state index is -0.997. The lowest BCUT2D eigenvalue weighted by Crippen LogP contribution is -2.01. The molecule has 2 aromatic rings. The monoisotopic (exact) mass is 246 g/mol. The van der Waals surface area contributed by atoms with Crippen LogP contribution in [-0.2, 0) is 6.61 Å². The highest BCUT2D eigenvalue weighted by molar-refractivity contribution is 5.87. The summed E-state index contributed by atoms with van der Waals surface area (Å²) in [7, 11) is 0. The summed E-state index contributed by atoms with van der Waals surface area (Å²) in [4.78, 5) is 10.8. The van der Waals surface area contributed by atoms with Crippen molar-refractivity contribution in [2.24, 2.45) is 0 Å². The van der Waals surface area contributed by atoms with Gasteiger partial charge in [-0.05, 0) is 29.8 Å². The van der Waals surface area contributed by atoms with Crippen LogP contribution in [0.4, 0.5) is 4.39 Å². The first kappa shape index (κ1) is 12.1. The van der Waals surface area contributed by atoms with E-state index in [4.69, 9.17) is 9.84 Å². The van der Waals surface area contributed by atoms with Gasteiger partial charge in [0.15, 0.2) is 11.6 Å². The molecule has 2 aromatic carbocycles. The number of carboxylic acid groups (broad SMARTS) is 1. The molecule has 2 rings (SSSR count). The third kappa shape index (κ3) is 2.85. The average Bonchev–Trinajstić information content (AvgIpc) is 2.38. The normalized spacial score (nSPS) is 10.1. The topological polar surface area (TPSA) is 46.5 Å². The summed E-state index contributed by atoms with van der Waals surface area (Å²) in [5.41, 5.74) is 0.864. The van der Waals surface area contributed by atoms with Gasteiger partial charge in [-0.3, -0.25) is 0 Å². The maximum absolute atomic E-state index is 13.3. The Balaban J connectivity index is 2.09. The van der Waals surface area contributed by atoms with Crippen molar-refractivity contribution < 1.29 is 19.0 Å². The van der Waals surface area contributed by atoms with Gasteiger partial charge in [0.05, 0.1) is 5.56 Å². The number of para-hydroxylation sites is 1. The average molecular weight is 246 g/mol. The second-order valence-electron chi connectivity index (χ2n) is 3.72. The summed E-state index contributed by atoms with van der Waals surface area (Å²) < 4.78 is 18.6. The molecule has 0 bridgehead atoms. The van der Waals surface area contributed by atoms with Gasteiger partial charge >= 0.3 is 5.97 Å². The van der Waals surface area contributed by atoms with Gasteiger partial charge in [0, 0.05) is 0 Å². The van der Waals surface area contributed by atoms with E-state index in [0.29, 0.717) is 5.56 Å². The van der Waals surface area contributed by atoms with Crippen molar-refractivity contribution in [3.05, 3.63) is 65.5 Å². The molecule has 0 heterocycles. The van der Waals surface area contributed by atoms with Gasteiger partial charge in [-0.2, -0.15) is 0 Å². The molecule has 0 saturated carbocycles. The summed E-state index contributed by atoms with van der Waals surface area (Å²) in [6.45, 7) is 0.127. The van der Waals surface area contributed by atoms with Crippen LogP contribution in [0.5, 0.6) is 5.75 Å². The van der Waals surface area contributed by atoms with E-state index in [1.165, 1.54) is 24.3 Å². The molecule has 0 aliphatic rings. The molecule has 1 N–H and O–H groups in total. The van der Waals surface area contributed by atoms with E-state index in [2.05, 4.69) is 0 Å². The van der Waals surface area contributed by atoms with Crippen LogP contribution in [-0.4, -0.2) is 11.1 Å². The first-order valence-electron chi connectivity index (χ1n) is 5.36. The second-order valence-corrected chi connectivity index (χ2v) is 3.72. The molecule has 0 saturated heterocycles. The molecule has 0 unspecified atom stereocenters. The molecule has 0 amide bonds. The van der Waals surface area contributed by atoms with Crippen LogP contribution in [0.25, 0.3) is 0 Å². The van der Waals surface area contributed by atoms with E-state index in [1.54, 1.807) is 24.3 Å². The first-order valence-corrected chi connectivity index (χ1v) is 5.36. The molecule has 0 aromatic heterocycles. The van der Waals surface area contributed by atoms with Gasteiger partial charge in [-0.1, -0.05) is 24.3 Å². The minimum Gasteiger partial charge on any atom is -0.486 e. The van der Waals surface area contributed by atoms with Crippen LogP contribution in [0, 0.1) is 5.82 Å². The second kappa shape index (κ2) is 5.31. The smallest absolute Gasteiger partial charge is 0.335 e. The van der Waals surface area contributed by atoms with Crippen molar-refractivity contribution in [2.45, 2.75) is 6.61 Å². The number of ether oxygens (including phenoxy) is 1. The molecule has 0 spiro atoms. The van der Waals surface area contributed by atoms with Gasteiger partial charge in [0.2, 0.25) is 0 Å². The number of carbonyl (C=O) groups is 1. The fourth-order valence-electron chi connectivity index (χ4n) is 1.52. The summed E-state index contributed by atoms with van der Waals surface area (Å²) >= 11 is 0. The largest absolute Gasteiger partial charge is 0.486 e. The Labute approximate surface area is 103 Å². The first-order chi connectivity index (χ1) is 8.66. The molecule has 4 heteroatoms. The number of benzene rings is 2. The van der Waals surface area contributed by atoms with E-state index in [1.807, 2.05) is 0 Å². The Morgan fingerprint density at radius 2 is 1.94 bits per heavy atom. The predicted molar refractivity (Wildman–Crippen MR) is 64.1 cm³/mol. The zero-order valence-corrected chi connectivity index (χ0v) is 9.47. The SMILES string of the molecule is O=C(O)c1cccc(COc2ccccc2F)c1. The lowest BCUT2D eigenvalue weighted by Gasteiger charge is -2.07. The predicted octanol–water partition coefficient (Wildman–Crippen LogP) is 3.10. The number of aromatic carboxylic acids is 1. The Morgan fingerprint density at radius 3 is 2.67 bits per heavy atom. The van der Waals surface area contributed by atoms with Gasteiger partial charge in [-0.15, -0.1) is 0 Å². The van der Waals surface area contributed by atoms with Gasteiger partial charge in [-0.25, -0.2) is 9.18 Å². The summed E-state index contributed by atoms with van der Waals surface area (Å²) in [5, 5.41) is 8.84. The highest BCUT2D eigenvalue weighted by Crippen LogP contribution is 2.17.